The predicted molar refractivity (Wildman–Crippen MR) is 238 cm³/mol. The van der Waals surface area contributed by atoms with E-state index in [0.717, 1.165) is 65.2 Å². The van der Waals surface area contributed by atoms with Gasteiger partial charge in [0.2, 0.25) is 0 Å². The molecule has 1 spiro atoms. The molecule has 0 amide bonds. The SMILES string of the molecule is Brc1ccc2c(c1)C1(c3cc(Br)ccc3-2)c2cc(-c3nc4ccccc4n3-c3ccccc3)ccc2-c2ccc(-c3nc4ccccc4n3-c3ccccc3)cc21. The zero-order chi connectivity index (χ0) is 37.8. The molecule has 10 aromatic rings. The van der Waals surface area contributed by atoms with Gasteiger partial charge in [-0.2, -0.15) is 0 Å². The molecule has 0 saturated carbocycles. The fraction of sp³-hybridized carbons (Fsp3) is 0.0196. The van der Waals surface area contributed by atoms with Crippen molar-refractivity contribution in [1.82, 2.24) is 19.1 Å². The van der Waals surface area contributed by atoms with Crippen molar-refractivity contribution in [2.45, 2.75) is 5.41 Å². The summed E-state index contributed by atoms with van der Waals surface area (Å²) in [5.74, 6) is 1.83. The van der Waals surface area contributed by atoms with Gasteiger partial charge in [0.25, 0.3) is 0 Å². The third kappa shape index (κ3) is 4.66. The van der Waals surface area contributed by atoms with Crippen molar-refractivity contribution >= 4 is 53.9 Å². The lowest BCUT2D eigenvalue weighted by Crippen LogP contribution is -2.26. The van der Waals surface area contributed by atoms with Crippen LogP contribution in [0.1, 0.15) is 22.3 Å². The highest BCUT2D eigenvalue weighted by Gasteiger charge is 2.52. The summed E-state index contributed by atoms with van der Waals surface area (Å²) in [6, 6.07) is 65.5. The number of rotatable bonds is 4. The Morgan fingerprint density at radius 2 is 0.737 bits per heavy atom. The van der Waals surface area contributed by atoms with Crippen LogP contribution in [0.2, 0.25) is 0 Å². The van der Waals surface area contributed by atoms with E-state index in [1.54, 1.807) is 0 Å². The van der Waals surface area contributed by atoms with Crippen LogP contribution in [-0.2, 0) is 5.41 Å². The highest BCUT2D eigenvalue weighted by atomic mass is 79.9. The second-order valence-electron chi connectivity index (χ2n) is 14.8. The smallest absolute Gasteiger partial charge is 0.145 e. The molecule has 0 bridgehead atoms. The van der Waals surface area contributed by atoms with Crippen molar-refractivity contribution < 1.29 is 0 Å². The number of aromatic nitrogens is 4. The van der Waals surface area contributed by atoms with Crippen molar-refractivity contribution in [3.8, 4) is 56.4 Å². The largest absolute Gasteiger partial charge is 0.292 e. The fourth-order valence-corrected chi connectivity index (χ4v) is 10.3. The summed E-state index contributed by atoms with van der Waals surface area (Å²) in [5.41, 5.74) is 17.7. The monoisotopic (exact) mass is 856 g/mol. The van der Waals surface area contributed by atoms with Gasteiger partial charge in [0.05, 0.1) is 27.5 Å². The number of fused-ring (bicyclic) bond motifs is 12. The van der Waals surface area contributed by atoms with E-state index in [4.69, 9.17) is 9.97 Å². The topological polar surface area (TPSA) is 35.6 Å². The van der Waals surface area contributed by atoms with Crippen LogP contribution in [0.15, 0.2) is 191 Å². The van der Waals surface area contributed by atoms with E-state index in [1.807, 2.05) is 0 Å². The molecule has 0 saturated heterocycles. The molecule has 12 rings (SSSR count). The molecule has 2 aliphatic rings. The van der Waals surface area contributed by atoms with Gasteiger partial charge in [-0.15, -0.1) is 0 Å². The first-order valence-electron chi connectivity index (χ1n) is 19.0. The Kier molecular flexibility index (Phi) is 7.11. The minimum atomic E-state index is -0.623. The van der Waals surface area contributed by atoms with E-state index >= 15 is 0 Å². The molecule has 0 atom stereocenters. The summed E-state index contributed by atoms with van der Waals surface area (Å²) < 4.78 is 6.68. The van der Waals surface area contributed by atoms with Gasteiger partial charge in [0.1, 0.15) is 11.6 Å². The lowest BCUT2D eigenvalue weighted by atomic mass is 9.70. The summed E-state index contributed by atoms with van der Waals surface area (Å²) in [5, 5.41) is 0. The van der Waals surface area contributed by atoms with E-state index in [-0.39, 0.29) is 0 Å². The standard InChI is InChI=1S/C51H30Br2N4/c52-33-21-25-39-40-26-22-34(53)30-44(40)51(43(39)29-33)41-27-31(49-54-45-15-7-9-17-47(45)56(49)35-11-3-1-4-12-35)19-23-37(41)38-24-20-32(28-42(38)51)50-55-46-16-8-10-18-48(46)57(50)36-13-5-2-6-14-36/h1-30H. The molecular weight excluding hydrogens is 828 g/mol. The molecule has 0 aliphatic heterocycles. The van der Waals surface area contributed by atoms with Gasteiger partial charge in [-0.25, -0.2) is 9.97 Å². The minimum absolute atomic E-state index is 0.623. The highest BCUT2D eigenvalue weighted by Crippen LogP contribution is 2.64. The fourth-order valence-electron chi connectivity index (χ4n) is 9.57. The van der Waals surface area contributed by atoms with Crippen LogP contribution in [0.4, 0.5) is 0 Å². The van der Waals surface area contributed by atoms with Gasteiger partial charge in [-0.05, 0) is 129 Å². The molecule has 0 fully saturated rings. The summed E-state index contributed by atoms with van der Waals surface area (Å²) in [7, 11) is 0. The third-order valence-electron chi connectivity index (χ3n) is 11.9. The van der Waals surface area contributed by atoms with Crippen LogP contribution >= 0.6 is 31.9 Å². The number of nitrogens with zero attached hydrogens (tertiary/aromatic N) is 4. The Morgan fingerprint density at radius 1 is 0.368 bits per heavy atom. The zero-order valence-corrected chi connectivity index (χ0v) is 33.5. The van der Waals surface area contributed by atoms with Crippen molar-refractivity contribution in [1.29, 1.82) is 0 Å². The van der Waals surface area contributed by atoms with Crippen molar-refractivity contribution in [3.05, 3.63) is 213 Å². The number of halogens is 2. The molecular formula is C51H30Br2N4. The average Bonchev–Trinajstić information content (AvgIpc) is 3.99. The zero-order valence-electron chi connectivity index (χ0n) is 30.4. The molecule has 0 N–H and O–H groups in total. The Bertz CT molecular complexity index is 3050. The van der Waals surface area contributed by atoms with Gasteiger partial charge in [0.15, 0.2) is 0 Å². The molecule has 0 radical (unpaired) electrons. The van der Waals surface area contributed by atoms with Crippen molar-refractivity contribution in [2.75, 3.05) is 0 Å². The van der Waals surface area contributed by atoms with Crippen LogP contribution in [0.25, 0.3) is 78.5 Å². The predicted octanol–water partition coefficient (Wildman–Crippen LogP) is 13.6. The first kappa shape index (κ1) is 32.9. The molecule has 0 unspecified atom stereocenters. The second-order valence-corrected chi connectivity index (χ2v) is 16.7. The van der Waals surface area contributed by atoms with Crippen LogP contribution < -0.4 is 0 Å². The quantitative estimate of drug-likeness (QED) is 0.177. The minimum Gasteiger partial charge on any atom is -0.292 e. The van der Waals surface area contributed by atoms with E-state index < -0.39 is 5.41 Å². The lowest BCUT2D eigenvalue weighted by molar-refractivity contribution is 0.792. The number of imidazole rings is 2. The van der Waals surface area contributed by atoms with Gasteiger partial charge >= 0.3 is 0 Å². The molecule has 4 nitrogen and oxygen atoms in total. The lowest BCUT2D eigenvalue weighted by Gasteiger charge is -2.31. The molecule has 8 aromatic carbocycles. The van der Waals surface area contributed by atoms with Crippen LogP contribution in [0, 0.1) is 0 Å². The summed E-state index contributed by atoms with van der Waals surface area (Å²) in [6.45, 7) is 0. The Balaban J connectivity index is 1.17. The normalized spacial score (nSPS) is 13.2. The van der Waals surface area contributed by atoms with E-state index in [2.05, 4.69) is 223 Å². The first-order valence-corrected chi connectivity index (χ1v) is 20.6. The van der Waals surface area contributed by atoms with Gasteiger partial charge in [-0.3, -0.25) is 9.13 Å². The maximum Gasteiger partial charge on any atom is 0.145 e. The number of hydrogen-bond donors (Lipinski definition) is 0. The molecule has 57 heavy (non-hydrogen) atoms. The maximum absolute atomic E-state index is 5.32. The summed E-state index contributed by atoms with van der Waals surface area (Å²) >= 11 is 7.82. The van der Waals surface area contributed by atoms with Crippen molar-refractivity contribution in [3.63, 3.8) is 0 Å². The molecule has 6 heteroatoms. The maximum atomic E-state index is 5.32. The molecule has 2 aliphatic carbocycles. The van der Waals surface area contributed by atoms with Crippen molar-refractivity contribution in [2.24, 2.45) is 0 Å². The average molecular weight is 859 g/mol. The van der Waals surface area contributed by atoms with Gasteiger partial charge in [0, 0.05) is 31.4 Å². The van der Waals surface area contributed by atoms with Crippen LogP contribution in [0.3, 0.4) is 0 Å². The molecule has 268 valence electrons. The van der Waals surface area contributed by atoms with E-state index in [9.17, 15) is 0 Å². The Morgan fingerprint density at radius 3 is 1.18 bits per heavy atom. The summed E-state index contributed by atoms with van der Waals surface area (Å²) in [4.78, 5) is 10.6. The van der Waals surface area contributed by atoms with Gasteiger partial charge in [-0.1, -0.05) is 129 Å². The summed E-state index contributed by atoms with van der Waals surface area (Å²) in [6.07, 6.45) is 0. The molecule has 2 heterocycles. The Hall–Kier alpha value is -6.34. The van der Waals surface area contributed by atoms with Gasteiger partial charge < -0.3 is 0 Å². The van der Waals surface area contributed by atoms with Crippen LogP contribution in [0.5, 0.6) is 0 Å². The number of benzene rings is 8. The number of para-hydroxylation sites is 6. The number of hydrogen-bond acceptors (Lipinski definition) is 2. The van der Waals surface area contributed by atoms with E-state index in [0.29, 0.717) is 0 Å². The van der Waals surface area contributed by atoms with E-state index in [1.165, 1.54) is 44.5 Å². The highest BCUT2D eigenvalue weighted by molar-refractivity contribution is 9.10. The Labute approximate surface area is 346 Å². The van der Waals surface area contributed by atoms with Crippen LogP contribution in [-0.4, -0.2) is 19.1 Å². The molecule has 2 aromatic heterocycles. The third-order valence-corrected chi connectivity index (χ3v) is 12.9. The first-order chi connectivity index (χ1) is 28.1. The second kappa shape index (κ2) is 12.3.